The van der Waals surface area contributed by atoms with Crippen molar-refractivity contribution in [3.05, 3.63) is 57.9 Å². The fraction of sp³-hybridized carbons (Fsp3) is 0.222. The number of thiazole rings is 1. The van der Waals surface area contributed by atoms with Crippen LogP contribution >= 0.6 is 11.3 Å². The molecule has 0 unspecified atom stereocenters. The Kier molecular flexibility index (Phi) is 4.04. The van der Waals surface area contributed by atoms with Gasteiger partial charge in [0, 0.05) is 11.3 Å². The maximum Gasteiger partial charge on any atom is 0.278 e. The summed E-state index contributed by atoms with van der Waals surface area (Å²) in [4.78, 5) is 28.2. The van der Waals surface area contributed by atoms with Crippen LogP contribution in [0.15, 0.2) is 30.5 Å². The first kappa shape index (κ1) is 16.5. The molecule has 7 nitrogen and oxygen atoms in total. The maximum atomic E-state index is 12.7. The fourth-order valence-electron chi connectivity index (χ4n) is 3.12. The molecule has 2 heterocycles. The van der Waals surface area contributed by atoms with Gasteiger partial charge in [-0.2, -0.15) is 5.10 Å². The SMILES string of the molecule is Cc1ccc(-n2nc(C(=O)Nc3ncc(C(N)=O)s3)c3c2CCC3)cc1. The summed E-state index contributed by atoms with van der Waals surface area (Å²) in [6.45, 7) is 2.03. The highest BCUT2D eigenvalue weighted by Gasteiger charge is 2.27. The number of carbonyl (C=O) groups is 2. The number of hydrogen-bond donors (Lipinski definition) is 2. The molecule has 2 aromatic heterocycles. The van der Waals surface area contributed by atoms with E-state index in [4.69, 9.17) is 5.73 Å². The number of nitrogens with one attached hydrogen (secondary N) is 1. The first-order valence-electron chi connectivity index (χ1n) is 8.27. The molecule has 0 atom stereocenters. The first-order chi connectivity index (χ1) is 12.5. The lowest BCUT2D eigenvalue weighted by atomic mass is 10.2. The minimum absolute atomic E-state index is 0.302. The molecule has 1 aliphatic rings. The number of anilines is 1. The van der Waals surface area contributed by atoms with Crippen LogP contribution in [0.1, 0.15) is 43.4 Å². The quantitative estimate of drug-likeness (QED) is 0.739. The van der Waals surface area contributed by atoms with E-state index in [1.165, 1.54) is 11.8 Å². The number of amides is 2. The van der Waals surface area contributed by atoms with Crippen LogP contribution < -0.4 is 11.1 Å². The molecule has 3 N–H and O–H groups in total. The second-order valence-corrected chi connectivity index (χ2v) is 7.25. The minimum atomic E-state index is -0.562. The molecule has 0 saturated heterocycles. The highest BCUT2D eigenvalue weighted by molar-refractivity contribution is 7.17. The second-order valence-electron chi connectivity index (χ2n) is 6.22. The van der Waals surface area contributed by atoms with Gasteiger partial charge in [0.15, 0.2) is 10.8 Å². The number of nitrogens with two attached hydrogens (primary N) is 1. The summed E-state index contributed by atoms with van der Waals surface area (Å²) < 4.78 is 1.85. The molecule has 0 saturated carbocycles. The molecular formula is C18H17N5O2S. The number of nitrogens with zero attached hydrogens (tertiary/aromatic N) is 3. The molecule has 3 aromatic rings. The average molecular weight is 367 g/mol. The van der Waals surface area contributed by atoms with Crippen molar-refractivity contribution in [3.63, 3.8) is 0 Å². The Bertz CT molecular complexity index is 1000. The Morgan fingerprint density at radius 1 is 1.23 bits per heavy atom. The second kappa shape index (κ2) is 6.38. The zero-order valence-corrected chi connectivity index (χ0v) is 15.0. The molecule has 4 rings (SSSR count). The van der Waals surface area contributed by atoms with E-state index in [9.17, 15) is 9.59 Å². The Balaban J connectivity index is 1.66. The third-order valence-corrected chi connectivity index (χ3v) is 5.32. The van der Waals surface area contributed by atoms with Crippen LogP contribution in [0.5, 0.6) is 0 Å². The zero-order chi connectivity index (χ0) is 18.3. The van der Waals surface area contributed by atoms with Crippen LogP contribution in [0.25, 0.3) is 5.69 Å². The molecule has 0 bridgehead atoms. The number of benzene rings is 1. The Morgan fingerprint density at radius 3 is 2.69 bits per heavy atom. The molecule has 8 heteroatoms. The summed E-state index contributed by atoms with van der Waals surface area (Å²) in [6, 6.07) is 8.06. The van der Waals surface area contributed by atoms with Crippen LogP contribution in [-0.2, 0) is 12.8 Å². The van der Waals surface area contributed by atoms with Crippen LogP contribution in [0, 0.1) is 6.92 Å². The summed E-state index contributed by atoms with van der Waals surface area (Å²) in [6.07, 6.45) is 4.08. The predicted molar refractivity (Wildman–Crippen MR) is 98.9 cm³/mol. The van der Waals surface area contributed by atoms with E-state index in [0.29, 0.717) is 15.7 Å². The Labute approximate surface area is 153 Å². The van der Waals surface area contributed by atoms with E-state index in [1.807, 2.05) is 35.9 Å². The van der Waals surface area contributed by atoms with Crippen LogP contribution in [0.4, 0.5) is 5.13 Å². The van der Waals surface area contributed by atoms with Crippen molar-refractivity contribution in [1.82, 2.24) is 14.8 Å². The Morgan fingerprint density at radius 2 is 2.00 bits per heavy atom. The van der Waals surface area contributed by atoms with E-state index >= 15 is 0 Å². The predicted octanol–water partition coefficient (Wildman–Crippen LogP) is 2.48. The highest BCUT2D eigenvalue weighted by atomic mass is 32.1. The monoisotopic (exact) mass is 367 g/mol. The van der Waals surface area contributed by atoms with Gasteiger partial charge in [-0.25, -0.2) is 9.67 Å². The largest absolute Gasteiger partial charge is 0.365 e. The molecule has 132 valence electrons. The van der Waals surface area contributed by atoms with Crippen molar-refractivity contribution in [1.29, 1.82) is 0 Å². The van der Waals surface area contributed by atoms with Gasteiger partial charge in [0.1, 0.15) is 4.88 Å². The van der Waals surface area contributed by atoms with Crippen molar-refractivity contribution in [2.24, 2.45) is 5.73 Å². The van der Waals surface area contributed by atoms with Gasteiger partial charge < -0.3 is 5.73 Å². The van der Waals surface area contributed by atoms with Gasteiger partial charge in [-0.15, -0.1) is 0 Å². The van der Waals surface area contributed by atoms with Gasteiger partial charge in [-0.1, -0.05) is 29.0 Å². The van der Waals surface area contributed by atoms with E-state index in [1.54, 1.807) is 0 Å². The summed E-state index contributed by atoms with van der Waals surface area (Å²) >= 11 is 1.05. The third-order valence-electron chi connectivity index (χ3n) is 4.39. The topological polar surface area (TPSA) is 103 Å². The minimum Gasteiger partial charge on any atom is -0.365 e. The van der Waals surface area contributed by atoms with Crippen molar-refractivity contribution >= 4 is 28.3 Å². The number of rotatable bonds is 4. The van der Waals surface area contributed by atoms with Gasteiger partial charge in [-0.3, -0.25) is 14.9 Å². The van der Waals surface area contributed by atoms with Crippen molar-refractivity contribution in [2.75, 3.05) is 5.32 Å². The zero-order valence-electron chi connectivity index (χ0n) is 14.2. The number of fused-ring (bicyclic) bond motifs is 1. The van der Waals surface area contributed by atoms with E-state index in [0.717, 1.165) is 47.5 Å². The molecular weight excluding hydrogens is 350 g/mol. The lowest BCUT2D eigenvalue weighted by Gasteiger charge is -2.05. The average Bonchev–Trinajstić information content (AvgIpc) is 3.31. The molecule has 0 spiro atoms. The van der Waals surface area contributed by atoms with E-state index in [-0.39, 0.29) is 5.91 Å². The summed E-state index contributed by atoms with van der Waals surface area (Å²) in [5, 5.41) is 7.62. The standard InChI is InChI=1S/C18H17N5O2S/c1-10-5-7-11(8-6-10)23-13-4-2-3-12(13)15(22-23)17(25)21-18-20-9-14(26-18)16(19)24/h5-9H,2-4H2,1H3,(H2,19,24)(H,20,21,25). The number of aryl methyl sites for hydroxylation is 1. The molecule has 0 radical (unpaired) electrons. The maximum absolute atomic E-state index is 12.7. The van der Waals surface area contributed by atoms with Gasteiger partial charge in [0.05, 0.1) is 11.9 Å². The molecule has 1 aromatic carbocycles. The molecule has 0 aliphatic heterocycles. The number of aromatic nitrogens is 3. The van der Waals surface area contributed by atoms with Crippen molar-refractivity contribution in [3.8, 4) is 5.69 Å². The van der Waals surface area contributed by atoms with Gasteiger partial charge in [-0.05, 0) is 38.3 Å². The Hall–Kier alpha value is -3.00. The van der Waals surface area contributed by atoms with Crippen LogP contribution in [0.2, 0.25) is 0 Å². The normalized spacial score (nSPS) is 12.8. The highest BCUT2D eigenvalue weighted by Crippen LogP contribution is 2.29. The van der Waals surface area contributed by atoms with Crippen molar-refractivity contribution < 1.29 is 9.59 Å². The van der Waals surface area contributed by atoms with Gasteiger partial charge in [0.25, 0.3) is 11.8 Å². The third kappa shape index (κ3) is 2.88. The molecule has 1 aliphatic carbocycles. The first-order valence-corrected chi connectivity index (χ1v) is 9.09. The summed E-state index contributed by atoms with van der Waals surface area (Å²) in [5.41, 5.74) is 9.81. The fourth-order valence-corrected chi connectivity index (χ4v) is 3.78. The van der Waals surface area contributed by atoms with E-state index < -0.39 is 5.91 Å². The lowest BCUT2D eigenvalue weighted by molar-refractivity contribution is 0.0999. The van der Waals surface area contributed by atoms with Crippen LogP contribution in [0.3, 0.4) is 0 Å². The number of carbonyl (C=O) groups excluding carboxylic acids is 2. The van der Waals surface area contributed by atoms with Gasteiger partial charge in [0.2, 0.25) is 0 Å². The molecule has 0 fully saturated rings. The summed E-state index contributed by atoms with van der Waals surface area (Å²) in [7, 11) is 0. The van der Waals surface area contributed by atoms with Gasteiger partial charge >= 0.3 is 0 Å². The van der Waals surface area contributed by atoms with Crippen LogP contribution in [-0.4, -0.2) is 26.6 Å². The van der Waals surface area contributed by atoms with Crippen molar-refractivity contribution in [2.45, 2.75) is 26.2 Å². The molecule has 2 amide bonds. The summed E-state index contributed by atoms with van der Waals surface area (Å²) in [5.74, 6) is -0.882. The smallest absolute Gasteiger partial charge is 0.278 e. The van der Waals surface area contributed by atoms with E-state index in [2.05, 4.69) is 15.4 Å². The number of hydrogen-bond acceptors (Lipinski definition) is 5. The lowest BCUT2D eigenvalue weighted by Crippen LogP contribution is -2.14. The molecule has 26 heavy (non-hydrogen) atoms. The number of primary amides is 1.